The Morgan fingerprint density at radius 1 is 1.17 bits per heavy atom. The molecule has 2 nitrogen and oxygen atoms in total. The predicted molar refractivity (Wildman–Crippen MR) is 73.0 cm³/mol. The molecule has 1 aliphatic carbocycles. The Morgan fingerprint density at radius 3 is 2.00 bits per heavy atom. The summed E-state index contributed by atoms with van der Waals surface area (Å²) in [7, 11) is 0. The molecular formula is C15H26O2Ti. The van der Waals surface area contributed by atoms with E-state index in [0.29, 0.717) is 6.42 Å². The van der Waals surface area contributed by atoms with Gasteiger partial charge in [-0.25, -0.2) is 0 Å². The van der Waals surface area contributed by atoms with Crippen LogP contribution in [0.15, 0.2) is 20.6 Å². The second-order valence-corrected chi connectivity index (χ2v) is 12.0. The topological polar surface area (TPSA) is 26.3 Å². The molecule has 0 aromatic carbocycles. The number of allylic oxidation sites excluding steroid dienone is 4. The third kappa shape index (κ3) is 2.51. The van der Waals surface area contributed by atoms with Crippen molar-refractivity contribution >= 4 is 5.97 Å². The maximum atomic E-state index is 11.7. The Bertz CT molecular complexity index is 439. The van der Waals surface area contributed by atoms with Crippen molar-refractivity contribution in [1.82, 2.24) is 0 Å². The minimum absolute atomic E-state index is 0.0473. The maximum absolute atomic E-state index is 11.7. The van der Waals surface area contributed by atoms with Crippen LogP contribution >= 0.6 is 0 Å². The summed E-state index contributed by atoms with van der Waals surface area (Å²) in [6, 6.07) is 0. The average Bonchev–Trinajstić information content (AvgIpc) is 2.39. The standard InChI is InChI=1S/C10H15.C3H6O2.2CH3.Ti/c1-7-6-10(4,5)9(3)8(7)2;1-2-3(4)5;;;/h1-5H3;2H2,1H3,(H,4,5);2*1H3;/q;;;;+1/p-1. The molecule has 0 aromatic rings. The van der Waals surface area contributed by atoms with Gasteiger partial charge in [0.1, 0.15) is 0 Å². The van der Waals surface area contributed by atoms with Gasteiger partial charge >= 0.3 is 115 Å². The summed E-state index contributed by atoms with van der Waals surface area (Å²) < 4.78 is 7.25. The minimum atomic E-state index is -2.71. The summed E-state index contributed by atoms with van der Waals surface area (Å²) in [6.45, 7) is 12.9. The van der Waals surface area contributed by atoms with Gasteiger partial charge in [-0.3, -0.25) is 0 Å². The van der Waals surface area contributed by atoms with Gasteiger partial charge in [0.2, 0.25) is 0 Å². The zero-order chi connectivity index (χ0) is 14.3. The van der Waals surface area contributed by atoms with E-state index in [2.05, 4.69) is 45.1 Å². The van der Waals surface area contributed by atoms with Crippen molar-refractivity contribution in [3.05, 3.63) is 20.6 Å². The first-order valence-electron chi connectivity index (χ1n) is 6.67. The summed E-state index contributed by atoms with van der Waals surface area (Å²) in [6.07, 6.45) is 0.465. The third-order valence-corrected chi connectivity index (χ3v) is 8.92. The molecule has 0 fully saturated rings. The molecule has 1 rings (SSSR count). The Balaban J connectivity index is 3.22. The Kier molecular flexibility index (Phi) is 4.35. The number of rotatable bonds is 3. The number of carbonyl (C=O) groups is 1. The quantitative estimate of drug-likeness (QED) is 0.699. The Hall–Kier alpha value is -0.336. The molecule has 0 saturated heterocycles. The number of hydrogen-bond acceptors (Lipinski definition) is 2. The second kappa shape index (κ2) is 4.98. The van der Waals surface area contributed by atoms with E-state index in [9.17, 15) is 4.79 Å². The molecule has 0 spiro atoms. The van der Waals surface area contributed by atoms with E-state index in [0.717, 1.165) is 0 Å². The summed E-state index contributed by atoms with van der Waals surface area (Å²) >= 11 is -2.71. The van der Waals surface area contributed by atoms with E-state index in [1.54, 1.807) is 0 Å². The molecule has 0 unspecified atom stereocenters. The van der Waals surface area contributed by atoms with E-state index >= 15 is 0 Å². The van der Waals surface area contributed by atoms with E-state index in [1.807, 2.05) is 6.92 Å². The van der Waals surface area contributed by atoms with Gasteiger partial charge in [-0.1, -0.05) is 0 Å². The van der Waals surface area contributed by atoms with Gasteiger partial charge in [0, 0.05) is 0 Å². The van der Waals surface area contributed by atoms with Crippen molar-refractivity contribution in [2.24, 2.45) is 5.41 Å². The fourth-order valence-corrected chi connectivity index (χ4v) is 8.83. The Morgan fingerprint density at radius 2 is 1.67 bits per heavy atom. The number of carbonyl (C=O) groups excluding carboxylic acids is 1. The van der Waals surface area contributed by atoms with Crippen molar-refractivity contribution in [3.8, 4) is 0 Å². The van der Waals surface area contributed by atoms with Crippen LogP contribution in [0.25, 0.3) is 0 Å². The molecule has 1 aliphatic rings. The Labute approximate surface area is 115 Å². The van der Waals surface area contributed by atoms with Crippen molar-refractivity contribution < 1.29 is 25.1 Å². The van der Waals surface area contributed by atoms with Gasteiger partial charge in [0.05, 0.1) is 0 Å². The van der Waals surface area contributed by atoms with Crippen LogP contribution in [0.2, 0.25) is 10.5 Å². The molecular weight excluding hydrogens is 260 g/mol. The third-order valence-electron chi connectivity index (χ3n) is 4.32. The van der Waals surface area contributed by atoms with Gasteiger partial charge in [-0.05, 0) is 0 Å². The zero-order valence-electron chi connectivity index (χ0n) is 13.0. The molecule has 18 heavy (non-hydrogen) atoms. The normalized spacial score (nSPS) is 19.6. The fourth-order valence-electron chi connectivity index (χ4n) is 3.21. The SMILES string of the molecule is CCC(=O)[O][Ti]([CH3])([CH3])[C]1=C(C)C(C)=C(C)C1(C)C. The number of hydrogen-bond donors (Lipinski definition) is 0. The fraction of sp³-hybridized carbons (Fsp3) is 0.667. The van der Waals surface area contributed by atoms with Crippen LogP contribution in [-0.2, 0) is 25.1 Å². The van der Waals surface area contributed by atoms with Gasteiger partial charge in [-0.15, -0.1) is 0 Å². The molecule has 0 N–H and O–H groups in total. The first-order chi connectivity index (χ1) is 8.05. The van der Waals surface area contributed by atoms with Crippen LogP contribution < -0.4 is 0 Å². The zero-order valence-corrected chi connectivity index (χ0v) is 14.6. The van der Waals surface area contributed by atoms with Crippen LogP contribution in [0.3, 0.4) is 0 Å². The molecule has 102 valence electrons. The van der Waals surface area contributed by atoms with Crippen LogP contribution in [0.1, 0.15) is 48.0 Å². The van der Waals surface area contributed by atoms with Crippen LogP contribution in [0, 0.1) is 5.41 Å². The van der Waals surface area contributed by atoms with Gasteiger partial charge in [-0.2, -0.15) is 0 Å². The summed E-state index contributed by atoms with van der Waals surface area (Å²) in [5, 5.41) is 4.36. The van der Waals surface area contributed by atoms with E-state index in [4.69, 9.17) is 3.32 Å². The molecule has 0 aromatic heterocycles. The van der Waals surface area contributed by atoms with Gasteiger partial charge < -0.3 is 0 Å². The summed E-state index contributed by atoms with van der Waals surface area (Å²) in [4.78, 5) is 11.7. The molecule has 3 heteroatoms. The molecule has 0 saturated carbocycles. The second-order valence-electron chi connectivity index (χ2n) is 6.21. The average molecular weight is 286 g/mol. The van der Waals surface area contributed by atoms with E-state index in [1.165, 1.54) is 20.6 Å². The van der Waals surface area contributed by atoms with Crippen LogP contribution in [-0.4, -0.2) is 5.97 Å². The molecule has 0 heterocycles. The monoisotopic (exact) mass is 286 g/mol. The molecule has 0 amide bonds. The van der Waals surface area contributed by atoms with Gasteiger partial charge in [0.15, 0.2) is 0 Å². The summed E-state index contributed by atoms with van der Waals surface area (Å²) in [5.74, 6) is -0.0571. The van der Waals surface area contributed by atoms with Crippen LogP contribution in [0.5, 0.6) is 0 Å². The molecule has 0 radical (unpaired) electrons. The van der Waals surface area contributed by atoms with Crippen molar-refractivity contribution in [1.29, 1.82) is 0 Å². The van der Waals surface area contributed by atoms with E-state index in [-0.39, 0.29) is 11.4 Å². The molecule has 0 bridgehead atoms. The first kappa shape index (κ1) is 15.7. The van der Waals surface area contributed by atoms with Crippen molar-refractivity contribution in [2.75, 3.05) is 0 Å². The first-order valence-corrected chi connectivity index (χ1v) is 11.2. The summed E-state index contributed by atoms with van der Waals surface area (Å²) in [5.41, 5.74) is 4.19. The predicted octanol–water partition coefficient (Wildman–Crippen LogP) is 4.75. The van der Waals surface area contributed by atoms with Crippen LogP contribution in [0.4, 0.5) is 0 Å². The van der Waals surface area contributed by atoms with Crippen molar-refractivity contribution in [2.45, 2.75) is 58.4 Å². The molecule has 0 aliphatic heterocycles. The van der Waals surface area contributed by atoms with Gasteiger partial charge in [0.25, 0.3) is 0 Å². The van der Waals surface area contributed by atoms with Crippen molar-refractivity contribution in [3.63, 3.8) is 0 Å². The van der Waals surface area contributed by atoms with E-state index < -0.39 is 17.0 Å². The molecule has 0 atom stereocenters.